The van der Waals surface area contributed by atoms with Gasteiger partial charge in [-0.3, -0.25) is 0 Å². The Morgan fingerprint density at radius 1 is 1.25 bits per heavy atom. The molecule has 1 saturated carbocycles. The molecule has 1 heterocycles. The lowest BCUT2D eigenvalue weighted by Crippen LogP contribution is -2.37. The van der Waals surface area contributed by atoms with E-state index >= 15 is 0 Å². The van der Waals surface area contributed by atoms with Crippen molar-refractivity contribution >= 4 is 11.4 Å². The van der Waals surface area contributed by atoms with E-state index in [2.05, 4.69) is 29.0 Å². The van der Waals surface area contributed by atoms with E-state index in [4.69, 9.17) is 4.74 Å². The lowest BCUT2D eigenvalue weighted by molar-refractivity contribution is 0.267. The van der Waals surface area contributed by atoms with Crippen LogP contribution in [0.1, 0.15) is 33.1 Å². The van der Waals surface area contributed by atoms with Gasteiger partial charge in [-0.15, -0.1) is 0 Å². The highest BCUT2D eigenvalue weighted by molar-refractivity contribution is 5.74. The van der Waals surface area contributed by atoms with E-state index in [1.807, 2.05) is 20.2 Å². The predicted molar refractivity (Wildman–Crippen MR) is 84.7 cm³/mol. The average Bonchev–Trinajstić information content (AvgIpc) is 2.42. The Bertz CT molecular complexity index is 437. The molecule has 1 aromatic rings. The third-order valence-corrected chi connectivity index (χ3v) is 4.43. The quantitative estimate of drug-likeness (QED) is 0.915. The van der Waals surface area contributed by atoms with Crippen molar-refractivity contribution in [1.29, 1.82) is 0 Å². The van der Waals surface area contributed by atoms with Gasteiger partial charge in [0, 0.05) is 26.3 Å². The first-order valence-electron chi connectivity index (χ1n) is 7.51. The lowest BCUT2D eigenvalue weighted by atomic mass is 9.78. The van der Waals surface area contributed by atoms with Gasteiger partial charge >= 0.3 is 0 Å². The summed E-state index contributed by atoms with van der Waals surface area (Å²) >= 11 is 0. The molecule has 20 heavy (non-hydrogen) atoms. The van der Waals surface area contributed by atoms with E-state index in [0.29, 0.717) is 23.8 Å². The largest absolute Gasteiger partial charge is 0.479 e. The topological polar surface area (TPSA) is 37.4 Å². The van der Waals surface area contributed by atoms with Gasteiger partial charge in [-0.2, -0.15) is 0 Å². The molecule has 0 bridgehead atoms. The van der Waals surface area contributed by atoms with Crippen LogP contribution < -0.4 is 15.0 Å². The smallest absolute Gasteiger partial charge is 0.239 e. The molecule has 1 N–H and O–H groups in total. The maximum absolute atomic E-state index is 5.45. The third kappa shape index (κ3) is 3.00. The first-order chi connectivity index (χ1) is 9.54. The predicted octanol–water partition coefficient (Wildman–Crippen LogP) is 3.39. The summed E-state index contributed by atoms with van der Waals surface area (Å²) in [6.45, 7) is 4.68. The van der Waals surface area contributed by atoms with Crippen LogP contribution in [0.25, 0.3) is 0 Å². The Morgan fingerprint density at radius 3 is 2.45 bits per heavy atom. The van der Waals surface area contributed by atoms with Crippen molar-refractivity contribution < 1.29 is 4.74 Å². The minimum atomic E-state index is 0.487. The maximum atomic E-state index is 5.45. The van der Waals surface area contributed by atoms with Crippen LogP contribution in [0.3, 0.4) is 0 Å². The van der Waals surface area contributed by atoms with E-state index in [1.54, 1.807) is 13.3 Å². The summed E-state index contributed by atoms with van der Waals surface area (Å²) in [4.78, 5) is 6.45. The van der Waals surface area contributed by atoms with Gasteiger partial charge in [0.05, 0.1) is 12.8 Å². The van der Waals surface area contributed by atoms with E-state index in [-0.39, 0.29) is 0 Å². The molecule has 1 aromatic heterocycles. The van der Waals surface area contributed by atoms with Crippen molar-refractivity contribution in [2.24, 2.45) is 11.8 Å². The molecule has 0 aliphatic heterocycles. The van der Waals surface area contributed by atoms with Gasteiger partial charge in [0.1, 0.15) is 5.69 Å². The molecule has 0 radical (unpaired) electrons. The van der Waals surface area contributed by atoms with Gasteiger partial charge in [0.25, 0.3) is 0 Å². The normalized spacial score (nSPS) is 26.1. The Morgan fingerprint density at radius 2 is 1.90 bits per heavy atom. The molecule has 0 spiro atoms. The zero-order valence-electron chi connectivity index (χ0n) is 13.3. The molecule has 4 nitrogen and oxygen atoms in total. The van der Waals surface area contributed by atoms with Gasteiger partial charge in [0.2, 0.25) is 5.88 Å². The molecule has 0 amide bonds. The molecule has 1 aliphatic carbocycles. The lowest BCUT2D eigenvalue weighted by Gasteiger charge is -2.36. The molecule has 2 rings (SSSR count). The zero-order chi connectivity index (χ0) is 14.7. The van der Waals surface area contributed by atoms with Crippen LogP contribution in [-0.4, -0.2) is 32.2 Å². The molecule has 1 aliphatic rings. The summed E-state index contributed by atoms with van der Waals surface area (Å²) in [7, 11) is 5.78. The van der Waals surface area contributed by atoms with E-state index < -0.39 is 0 Å². The second kappa shape index (κ2) is 6.33. The van der Waals surface area contributed by atoms with Crippen LogP contribution in [0.5, 0.6) is 5.88 Å². The van der Waals surface area contributed by atoms with Crippen LogP contribution in [0.2, 0.25) is 0 Å². The summed E-state index contributed by atoms with van der Waals surface area (Å²) in [5.74, 6) is 2.04. The third-order valence-electron chi connectivity index (χ3n) is 4.43. The fraction of sp³-hybridized carbons (Fsp3) is 0.688. The fourth-order valence-electron chi connectivity index (χ4n) is 3.23. The number of nitrogens with one attached hydrogen (secondary N) is 1. The van der Waals surface area contributed by atoms with E-state index in [9.17, 15) is 0 Å². The Hall–Kier alpha value is -1.45. The number of rotatable bonds is 4. The highest BCUT2D eigenvalue weighted by Gasteiger charge is 2.29. The second-order valence-corrected chi connectivity index (χ2v) is 6.16. The van der Waals surface area contributed by atoms with Crippen LogP contribution >= 0.6 is 0 Å². The number of ether oxygens (including phenoxy) is 1. The number of aromatic nitrogens is 1. The van der Waals surface area contributed by atoms with Gasteiger partial charge in [0.15, 0.2) is 0 Å². The number of methoxy groups -OCH3 is 1. The minimum absolute atomic E-state index is 0.487. The minimum Gasteiger partial charge on any atom is -0.479 e. The molecule has 2 unspecified atom stereocenters. The first kappa shape index (κ1) is 14.9. The highest BCUT2D eigenvalue weighted by atomic mass is 16.5. The van der Waals surface area contributed by atoms with Crippen molar-refractivity contribution in [3.8, 4) is 5.88 Å². The number of nitrogens with zero attached hydrogens (tertiary/aromatic N) is 2. The molecular formula is C16H27N3O. The van der Waals surface area contributed by atoms with Gasteiger partial charge in [-0.05, 0) is 30.7 Å². The van der Waals surface area contributed by atoms with Crippen molar-refractivity contribution in [2.75, 3.05) is 31.4 Å². The van der Waals surface area contributed by atoms with Crippen molar-refractivity contribution in [2.45, 2.75) is 39.2 Å². The molecular weight excluding hydrogens is 250 g/mol. The number of hydrogen-bond donors (Lipinski definition) is 1. The molecule has 2 atom stereocenters. The summed E-state index contributed by atoms with van der Waals surface area (Å²) in [5.41, 5.74) is 2.15. The highest BCUT2D eigenvalue weighted by Crippen LogP contribution is 2.37. The molecule has 4 heteroatoms. The van der Waals surface area contributed by atoms with E-state index in [0.717, 1.165) is 11.4 Å². The summed E-state index contributed by atoms with van der Waals surface area (Å²) in [6.07, 6.45) is 5.72. The number of anilines is 2. The van der Waals surface area contributed by atoms with E-state index in [1.165, 1.54) is 19.3 Å². The van der Waals surface area contributed by atoms with Crippen molar-refractivity contribution in [1.82, 2.24) is 4.98 Å². The average molecular weight is 277 g/mol. The van der Waals surface area contributed by atoms with Crippen molar-refractivity contribution in [3.05, 3.63) is 12.3 Å². The van der Waals surface area contributed by atoms with Gasteiger partial charge < -0.3 is 15.0 Å². The maximum Gasteiger partial charge on any atom is 0.239 e. The monoisotopic (exact) mass is 277 g/mol. The van der Waals surface area contributed by atoms with Gasteiger partial charge in [-0.1, -0.05) is 20.3 Å². The zero-order valence-corrected chi connectivity index (χ0v) is 13.3. The Balaban J connectivity index is 2.31. The van der Waals surface area contributed by atoms with Crippen LogP contribution in [-0.2, 0) is 0 Å². The standard InChI is InChI=1S/C16H27N3O/c1-11-7-6-8-12(2)14(11)18-15-13(19(3)4)9-10-17-16(15)20-5/h9-12,14,18H,6-8H2,1-5H3. The molecule has 112 valence electrons. The second-order valence-electron chi connectivity index (χ2n) is 6.16. The number of pyridine rings is 1. The molecule has 1 fully saturated rings. The first-order valence-corrected chi connectivity index (χ1v) is 7.51. The Kier molecular flexibility index (Phi) is 4.73. The van der Waals surface area contributed by atoms with Crippen LogP contribution in [0.15, 0.2) is 12.3 Å². The summed E-state index contributed by atoms with van der Waals surface area (Å²) < 4.78 is 5.45. The fourth-order valence-corrected chi connectivity index (χ4v) is 3.23. The van der Waals surface area contributed by atoms with Crippen molar-refractivity contribution in [3.63, 3.8) is 0 Å². The summed E-state index contributed by atoms with van der Waals surface area (Å²) in [5, 5.41) is 3.72. The molecule has 0 saturated heterocycles. The number of hydrogen-bond acceptors (Lipinski definition) is 4. The van der Waals surface area contributed by atoms with Crippen LogP contribution in [0.4, 0.5) is 11.4 Å². The molecule has 0 aromatic carbocycles. The summed E-state index contributed by atoms with van der Waals surface area (Å²) in [6, 6.07) is 2.52. The Labute approximate surface area is 122 Å². The van der Waals surface area contributed by atoms with Gasteiger partial charge in [-0.25, -0.2) is 4.98 Å². The van der Waals surface area contributed by atoms with Crippen LogP contribution in [0, 0.1) is 11.8 Å². The SMILES string of the molecule is COc1nccc(N(C)C)c1NC1C(C)CCCC1C.